The van der Waals surface area contributed by atoms with E-state index in [9.17, 15) is 9.59 Å². The van der Waals surface area contributed by atoms with Crippen LogP contribution in [0.15, 0.2) is 81.2 Å². The number of hydrogen-bond acceptors (Lipinski definition) is 5. The lowest BCUT2D eigenvalue weighted by atomic mass is 10.1. The van der Waals surface area contributed by atoms with Crippen molar-refractivity contribution in [1.29, 1.82) is 0 Å². The Bertz CT molecular complexity index is 1360. The molecule has 0 amide bonds. The van der Waals surface area contributed by atoms with Crippen molar-refractivity contribution in [3.05, 3.63) is 97.7 Å². The lowest BCUT2D eigenvalue weighted by Crippen LogP contribution is -2.24. The van der Waals surface area contributed by atoms with Crippen LogP contribution in [0, 0.1) is 0 Å². The van der Waals surface area contributed by atoms with E-state index in [4.69, 9.17) is 21.3 Å². The summed E-state index contributed by atoms with van der Waals surface area (Å²) in [5, 5.41) is 1.54. The number of ether oxygens (including phenoxy) is 1. The molecule has 0 saturated carbocycles. The number of para-hydroxylation sites is 1. The van der Waals surface area contributed by atoms with Gasteiger partial charge in [0.2, 0.25) is 0 Å². The van der Waals surface area contributed by atoms with Crippen molar-refractivity contribution in [1.82, 2.24) is 9.55 Å². The molecule has 162 valence electrons. The number of halogens is 2. The third-order valence-corrected chi connectivity index (χ3v) is 6.62. The molecule has 0 bridgehead atoms. The molecule has 4 rings (SSSR count). The van der Waals surface area contributed by atoms with Gasteiger partial charge in [-0.15, -0.1) is 0 Å². The third kappa shape index (κ3) is 4.90. The fourth-order valence-electron chi connectivity index (χ4n) is 3.28. The molecule has 0 aliphatic heterocycles. The summed E-state index contributed by atoms with van der Waals surface area (Å²) in [5.41, 5.74) is 1.81. The number of benzene rings is 3. The monoisotopic (exact) mass is 528 g/mol. The Balaban J connectivity index is 1.73. The largest absolute Gasteiger partial charge is 0.496 e. The van der Waals surface area contributed by atoms with Crippen LogP contribution in [-0.4, -0.2) is 28.2 Å². The second-order valence-electron chi connectivity index (χ2n) is 6.98. The second kappa shape index (κ2) is 9.90. The molecule has 0 N–H and O–H groups in total. The smallest absolute Gasteiger partial charge is 0.262 e. The minimum Gasteiger partial charge on any atom is -0.496 e. The highest BCUT2D eigenvalue weighted by Gasteiger charge is 2.16. The van der Waals surface area contributed by atoms with Crippen LogP contribution in [0.4, 0.5) is 0 Å². The minimum atomic E-state index is -0.177. The molecule has 0 aliphatic rings. The first-order chi connectivity index (χ1) is 15.5. The van der Waals surface area contributed by atoms with E-state index in [0.717, 1.165) is 10.0 Å². The Labute approximate surface area is 202 Å². The minimum absolute atomic E-state index is 0.0688. The lowest BCUT2D eigenvalue weighted by molar-refractivity contribution is 0.102. The summed E-state index contributed by atoms with van der Waals surface area (Å²) >= 11 is 10.6. The van der Waals surface area contributed by atoms with Crippen molar-refractivity contribution < 1.29 is 9.53 Å². The molecule has 0 spiro atoms. The number of carbonyl (C=O) groups is 1. The normalized spacial score (nSPS) is 11.0. The molecular formula is C24H18BrClN2O3S. The van der Waals surface area contributed by atoms with E-state index in [1.807, 2.05) is 30.3 Å². The zero-order valence-corrected chi connectivity index (χ0v) is 20.2. The van der Waals surface area contributed by atoms with E-state index >= 15 is 0 Å². The van der Waals surface area contributed by atoms with Crippen molar-refractivity contribution in [3.8, 4) is 5.75 Å². The summed E-state index contributed by atoms with van der Waals surface area (Å²) in [5.74, 6) is 0.754. The first-order valence-electron chi connectivity index (χ1n) is 9.70. The molecule has 0 fully saturated rings. The Morgan fingerprint density at radius 1 is 1.12 bits per heavy atom. The molecule has 0 saturated heterocycles. The zero-order chi connectivity index (χ0) is 22.7. The highest BCUT2D eigenvalue weighted by molar-refractivity contribution is 9.10. The van der Waals surface area contributed by atoms with Crippen molar-refractivity contribution in [3.63, 3.8) is 0 Å². The van der Waals surface area contributed by atoms with Crippen LogP contribution >= 0.6 is 39.3 Å². The number of ketones is 1. The number of hydrogen-bond donors (Lipinski definition) is 0. The van der Waals surface area contributed by atoms with Crippen molar-refractivity contribution >= 4 is 56.0 Å². The third-order valence-electron chi connectivity index (χ3n) is 4.90. The van der Waals surface area contributed by atoms with E-state index < -0.39 is 0 Å². The Morgan fingerprint density at radius 2 is 1.88 bits per heavy atom. The summed E-state index contributed by atoms with van der Waals surface area (Å²) in [6, 6.07) is 19.7. The van der Waals surface area contributed by atoms with Gasteiger partial charge in [0.25, 0.3) is 5.56 Å². The van der Waals surface area contributed by atoms with E-state index in [2.05, 4.69) is 15.9 Å². The fourth-order valence-corrected chi connectivity index (χ4v) is 4.66. The molecule has 1 heterocycles. The van der Waals surface area contributed by atoms with Crippen LogP contribution in [0.2, 0.25) is 5.02 Å². The fraction of sp³-hybridized carbons (Fsp3) is 0.125. The quantitative estimate of drug-likeness (QED) is 0.171. The van der Waals surface area contributed by atoms with Crippen LogP contribution in [-0.2, 0) is 6.54 Å². The van der Waals surface area contributed by atoms with E-state index in [0.29, 0.717) is 32.4 Å². The SMILES string of the molecule is COc1ccccc1Cn1c(SCC(=O)c2ccc(Cl)cc2)nc2ccc(Br)cc2c1=O. The van der Waals surface area contributed by atoms with Gasteiger partial charge in [0.05, 0.1) is 30.3 Å². The highest BCUT2D eigenvalue weighted by atomic mass is 79.9. The van der Waals surface area contributed by atoms with Gasteiger partial charge in [0.15, 0.2) is 10.9 Å². The lowest BCUT2D eigenvalue weighted by Gasteiger charge is -2.15. The molecule has 4 aromatic rings. The highest BCUT2D eigenvalue weighted by Crippen LogP contribution is 2.25. The van der Waals surface area contributed by atoms with Crippen molar-refractivity contribution in [2.75, 3.05) is 12.9 Å². The second-order valence-corrected chi connectivity index (χ2v) is 9.27. The molecule has 3 aromatic carbocycles. The number of Topliss-reactive ketones (excluding diaryl/α,β-unsaturated/α-hetero) is 1. The topological polar surface area (TPSA) is 61.2 Å². The number of aromatic nitrogens is 2. The summed E-state index contributed by atoms with van der Waals surface area (Å²) in [4.78, 5) is 30.8. The van der Waals surface area contributed by atoms with E-state index in [1.54, 1.807) is 48.1 Å². The molecule has 0 atom stereocenters. The molecule has 32 heavy (non-hydrogen) atoms. The van der Waals surface area contributed by atoms with Gasteiger partial charge in [-0.3, -0.25) is 14.2 Å². The molecule has 0 unspecified atom stereocenters. The first-order valence-corrected chi connectivity index (χ1v) is 11.9. The van der Waals surface area contributed by atoms with Crippen molar-refractivity contribution in [2.45, 2.75) is 11.7 Å². The van der Waals surface area contributed by atoms with Gasteiger partial charge >= 0.3 is 0 Å². The zero-order valence-electron chi connectivity index (χ0n) is 17.0. The van der Waals surface area contributed by atoms with Gasteiger partial charge in [-0.2, -0.15) is 0 Å². The average molecular weight is 530 g/mol. The van der Waals surface area contributed by atoms with Crippen molar-refractivity contribution in [2.24, 2.45) is 0 Å². The molecule has 8 heteroatoms. The maximum absolute atomic E-state index is 13.4. The number of nitrogens with zero attached hydrogens (tertiary/aromatic N) is 2. The predicted molar refractivity (Wildman–Crippen MR) is 132 cm³/mol. The number of methoxy groups -OCH3 is 1. The van der Waals surface area contributed by atoms with Crippen LogP contribution < -0.4 is 10.3 Å². The van der Waals surface area contributed by atoms with Gasteiger partial charge < -0.3 is 4.74 Å². The summed E-state index contributed by atoms with van der Waals surface area (Å²) in [6.07, 6.45) is 0. The summed E-state index contributed by atoms with van der Waals surface area (Å²) < 4.78 is 7.84. The maximum Gasteiger partial charge on any atom is 0.262 e. The van der Waals surface area contributed by atoms with Crippen LogP contribution in [0.3, 0.4) is 0 Å². The van der Waals surface area contributed by atoms with Gasteiger partial charge in [-0.1, -0.05) is 57.5 Å². The first kappa shape index (κ1) is 22.6. The van der Waals surface area contributed by atoms with Gasteiger partial charge in [-0.05, 0) is 48.5 Å². The molecule has 0 aliphatic carbocycles. The van der Waals surface area contributed by atoms with Gasteiger partial charge in [-0.25, -0.2) is 4.98 Å². The summed E-state index contributed by atoms with van der Waals surface area (Å²) in [6.45, 7) is 0.274. The molecule has 5 nitrogen and oxygen atoms in total. The van der Waals surface area contributed by atoms with E-state index in [1.165, 1.54) is 11.8 Å². The number of thioether (sulfide) groups is 1. The van der Waals surface area contributed by atoms with Crippen LogP contribution in [0.1, 0.15) is 15.9 Å². The van der Waals surface area contributed by atoms with Gasteiger partial charge in [0.1, 0.15) is 5.75 Å². The standard InChI is InChI=1S/C24H18BrClN2O3S/c1-31-22-5-3-2-4-16(22)13-28-23(30)19-12-17(25)8-11-20(19)27-24(28)32-14-21(29)15-6-9-18(26)10-7-15/h2-12H,13-14H2,1H3. The van der Waals surface area contributed by atoms with E-state index in [-0.39, 0.29) is 23.6 Å². The Hall–Kier alpha value is -2.61. The Kier molecular flexibility index (Phi) is 6.98. The predicted octanol–water partition coefficient (Wildman–Crippen LogP) is 5.84. The average Bonchev–Trinajstić information content (AvgIpc) is 2.80. The Morgan fingerprint density at radius 3 is 2.62 bits per heavy atom. The molecule has 0 radical (unpaired) electrons. The molecule has 1 aromatic heterocycles. The summed E-state index contributed by atoms with van der Waals surface area (Å²) in [7, 11) is 1.60. The number of carbonyl (C=O) groups excluding carboxylic acids is 1. The van der Waals surface area contributed by atoms with Crippen LogP contribution in [0.25, 0.3) is 10.9 Å². The van der Waals surface area contributed by atoms with Crippen LogP contribution in [0.5, 0.6) is 5.75 Å². The molecular weight excluding hydrogens is 512 g/mol. The van der Waals surface area contributed by atoms with Gasteiger partial charge in [0, 0.05) is 20.6 Å². The number of rotatable bonds is 7. The number of fused-ring (bicyclic) bond motifs is 1. The maximum atomic E-state index is 13.4.